The van der Waals surface area contributed by atoms with Crippen LogP contribution in [0.5, 0.6) is 0 Å². The predicted molar refractivity (Wildman–Crippen MR) is 102 cm³/mol. The first-order chi connectivity index (χ1) is 13.1. The van der Waals surface area contributed by atoms with Gasteiger partial charge >= 0.3 is 0 Å². The quantitative estimate of drug-likeness (QED) is 0.759. The molecule has 1 N–H and O–H groups in total. The molecule has 4 heterocycles. The Morgan fingerprint density at radius 3 is 2.93 bits per heavy atom. The average molecular weight is 368 g/mol. The maximum atomic E-state index is 12.7. The molecule has 0 atom stereocenters. The fraction of sp³-hybridized carbons (Fsp3) is 0.474. The third-order valence-electron chi connectivity index (χ3n) is 5.14. The molecule has 8 nitrogen and oxygen atoms in total. The number of hydrogen-bond donors (Lipinski definition) is 1. The number of H-pyrrole nitrogens is 1. The predicted octanol–water partition coefficient (Wildman–Crippen LogP) is 2.23. The molecule has 3 aromatic rings. The van der Waals surface area contributed by atoms with Gasteiger partial charge in [-0.25, -0.2) is 4.98 Å². The number of anilines is 1. The number of aromatic amines is 1. The number of fused-ring (bicyclic) bond motifs is 1. The second-order valence-electron chi connectivity index (χ2n) is 6.96. The minimum absolute atomic E-state index is 0.191. The van der Waals surface area contributed by atoms with Crippen LogP contribution in [0.15, 0.2) is 22.7 Å². The molecule has 0 aliphatic carbocycles. The van der Waals surface area contributed by atoms with E-state index in [1.807, 2.05) is 30.9 Å². The second-order valence-corrected chi connectivity index (χ2v) is 6.96. The summed E-state index contributed by atoms with van der Waals surface area (Å²) in [6, 6.07) is 4.29. The van der Waals surface area contributed by atoms with Crippen molar-refractivity contribution in [2.45, 2.75) is 33.1 Å². The van der Waals surface area contributed by atoms with Gasteiger partial charge in [0.2, 0.25) is 11.6 Å². The van der Waals surface area contributed by atoms with Gasteiger partial charge in [0.25, 0.3) is 6.01 Å². The third kappa shape index (κ3) is 3.65. The number of oxazole rings is 1. The zero-order valence-electron chi connectivity index (χ0n) is 15.7. The van der Waals surface area contributed by atoms with Crippen LogP contribution in [-0.2, 0) is 11.2 Å². The molecule has 0 spiro atoms. The van der Waals surface area contributed by atoms with E-state index >= 15 is 0 Å². The lowest BCUT2D eigenvalue weighted by Gasteiger charge is -2.21. The van der Waals surface area contributed by atoms with Crippen molar-refractivity contribution in [3.05, 3.63) is 35.3 Å². The molecule has 0 saturated carbocycles. The van der Waals surface area contributed by atoms with E-state index in [1.54, 1.807) is 6.20 Å². The zero-order valence-corrected chi connectivity index (χ0v) is 15.7. The summed E-state index contributed by atoms with van der Waals surface area (Å²) in [4.78, 5) is 25.4. The molecule has 0 unspecified atom stereocenters. The molecule has 4 rings (SSSR count). The molecule has 27 heavy (non-hydrogen) atoms. The van der Waals surface area contributed by atoms with Crippen LogP contribution in [-0.4, -0.2) is 57.2 Å². The van der Waals surface area contributed by atoms with E-state index < -0.39 is 0 Å². The minimum atomic E-state index is 0.191. The van der Waals surface area contributed by atoms with Crippen LogP contribution < -0.4 is 4.90 Å². The Labute approximate surface area is 157 Å². The van der Waals surface area contributed by atoms with Gasteiger partial charge in [-0.05, 0) is 44.4 Å². The molecule has 0 radical (unpaired) electrons. The number of carbonyl (C=O) groups excluding carboxylic acids is 1. The summed E-state index contributed by atoms with van der Waals surface area (Å²) in [5.41, 5.74) is 4.49. The van der Waals surface area contributed by atoms with E-state index in [2.05, 4.69) is 25.1 Å². The van der Waals surface area contributed by atoms with Crippen molar-refractivity contribution in [1.29, 1.82) is 0 Å². The first-order valence-electron chi connectivity index (χ1n) is 9.36. The molecule has 1 amide bonds. The number of nitrogens with zero attached hydrogens (tertiary/aromatic N) is 5. The van der Waals surface area contributed by atoms with E-state index in [0.29, 0.717) is 36.8 Å². The molecule has 0 aromatic carbocycles. The summed E-state index contributed by atoms with van der Waals surface area (Å²) in [7, 11) is 0. The van der Waals surface area contributed by atoms with Crippen molar-refractivity contribution in [2.75, 3.05) is 31.1 Å². The maximum Gasteiger partial charge on any atom is 0.300 e. The number of aryl methyl sites for hydroxylation is 2. The van der Waals surface area contributed by atoms with E-state index in [-0.39, 0.29) is 5.91 Å². The monoisotopic (exact) mass is 368 g/mol. The fourth-order valence-electron chi connectivity index (χ4n) is 3.58. The lowest BCUT2D eigenvalue weighted by Crippen LogP contribution is -2.35. The molecule has 8 heteroatoms. The summed E-state index contributed by atoms with van der Waals surface area (Å²) in [6.45, 7) is 6.94. The number of hydrogen-bond acceptors (Lipinski definition) is 6. The van der Waals surface area contributed by atoms with Crippen molar-refractivity contribution >= 4 is 23.2 Å². The zero-order chi connectivity index (χ0) is 18.8. The molecule has 1 aliphatic heterocycles. The molecule has 1 fully saturated rings. The molecular formula is C19H24N6O2. The van der Waals surface area contributed by atoms with Crippen LogP contribution in [0.1, 0.15) is 29.8 Å². The summed E-state index contributed by atoms with van der Waals surface area (Å²) in [5, 5.41) is 7.19. The highest BCUT2D eigenvalue weighted by atomic mass is 16.4. The van der Waals surface area contributed by atoms with Gasteiger partial charge in [-0.15, -0.1) is 0 Å². The standard InChI is InChI=1S/C19H24N6O2/c1-13-15(14(2)23-22-13)6-7-17(26)24-9-4-10-25(12-11-24)19-21-18-16(27-19)5-3-8-20-18/h3,5,8H,4,6-7,9-12H2,1-2H3,(H,22,23). The van der Waals surface area contributed by atoms with Crippen LogP contribution in [0.25, 0.3) is 11.2 Å². The Balaban J connectivity index is 1.37. The summed E-state index contributed by atoms with van der Waals surface area (Å²) in [5.74, 6) is 0.191. The first kappa shape index (κ1) is 17.5. The van der Waals surface area contributed by atoms with Gasteiger partial charge in [0.15, 0.2) is 5.58 Å². The SMILES string of the molecule is Cc1n[nH]c(C)c1CCC(=O)N1CCCN(c2nc3ncccc3o2)CC1. The Morgan fingerprint density at radius 2 is 2.15 bits per heavy atom. The Hall–Kier alpha value is -2.90. The van der Waals surface area contributed by atoms with E-state index in [9.17, 15) is 4.79 Å². The smallest absolute Gasteiger partial charge is 0.300 e. The number of carbonyl (C=O) groups is 1. The Morgan fingerprint density at radius 1 is 1.26 bits per heavy atom. The van der Waals surface area contributed by atoms with Gasteiger partial charge in [-0.3, -0.25) is 9.89 Å². The normalized spacial score (nSPS) is 15.3. The lowest BCUT2D eigenvalue weighted by atomic mass is 10.1. The molecule has 1 aliphatic rings. The first-order valence-corrected chi connectivity index (χ1v) is 9.36. The van der Waals surface area contributed by atoms with Crippen LogP contribution >= 0.6 is 0 Å². The van der Waals surface area contributed by atoms with Crippen molar-refractivity contribution in [2.24, 2.45) is 0 Å². The average Bonchev–Trinajstić information content (AvgIpc) is 3.13. The van der Waals surface area contributed by atoms with Gasteiger partial charge in [-0.1, -0.05) is 0 Å². The Kier molecular flexibility index (Phi) is 4.79. The third-order valence-corrected chi connectivity index (χ3v) is 5.14. The maximum absolute atomic E-state index is 12.7. The van der Waals surface area contributed by atoms with Crippen LogP contribution in [0.3, 0.4) is 0 Å². The van der Waals surface area contributed by atoms with Crippen molar-refractivity contribution < 1.29 is 9.21 Å². The largest absolute Gasteiger partial charge is 0.422 e. The van der Waals surface area contributed by atoms with Gasteiger partial charge in [-0.2, -0.15) is 10.1 Å². The molecule has 142 valence electrons. The number of rotatable bonds is 4. The summed E-state index contributed by atoms with van der Waals surface area (Å²) < 4.78 is 5.82. The Bertz CT molecular complexity index is 894. The molecule has 1 saturated heterocycles. The highest BCUT2D eigenvalue weighted by Crippen LogP contribution is 2.21. The highest BCUT2D eigenvalue weighted by Gasteiger charge is 2.22. The second kappa shape index (κ2) is 7.38. The van der Waals surface area contributed by atoms with Gasteiger partial charge < -0.3 is 14.2 Å². The fourth-order valence-corrected chi connectivity index (χ4v) is 3.58. The molecular weight excluding hydrogens is 344 g/mol. The molecule has 0 bridgehead atoms. The van der Waals surface area contributed by atoms with E-state index in [4.69, 9.17) is 4.42 Å². The van der Waals surface area contributed by atoms with Gasteiger partial charge in [0.1, 0.15) is 0 Å². The lowest BCUT2D eigenvalue weighted by molar-refractivity contribution is -0.130. The van der Waals surface area contributed by atoms with Gasteiger partial charge in [0, 0.05) is 44.5 Å². The topological polar surface area (TPSA) is 91.2 Å². The van der Waals surface area contributed by atoms with Gasteiger partial charge in [0.05, 0.1) is 5.69 Å². The number of nitrogens with one attached hydrogen (secondary N) is 1. The van der Waals surface area contributed by atoms with E-state index in [0.717, 1.165) is 42.9 Å². The molecule has 3 aromatic heterocycles. The van der Waals surface area contributed by atoms with Crippen LogP contribution in [0.4, 0.5) is 6.01 Å². The van der Waals surface area contributed by atoms with Crippen molar-refractivity contribution in [3.8, 4) is 0 Å². The van der Waals surface area contributed by atoms with E-state index in [1.165, 1.54) is 0 Å². The van der Waals surface area contributed by atoms with Crippen LogP contribution in [0, 0.1) is 13.8 Å². The summed E-state index contributed by atoms with van der Waals surface area (Å²) in [6.07, 6.45) is 3.83. The van der Waals surface area contributed by atoms with Crippen molar-refractivity contribution in [3.63, 3.8) is 0 Å². The van der Waals surface area contributed by atoms with Crippen LogP contribution in [0.2, 0.25) is 0 Å². The number of pyridine rings is 1. The summed E-state index contributed by atoms with van der Waals surface area (Å²) >= 11 is 0. The number of aromatic nitrogens is 4. The van der Waals surface area contributed by atoms with Crippen molar-refractivity contribution in [1.82, 2.24) is 25.1 Å². The highest BCUT2D eigenvalue weighted by molar-refractivity contribution is 5.76. The minimum Gasteiger partial charge on any atom is -0.422 e. The number of amides is 1.